The summed E-state index contributed by atoms with van der Waals surface area (Å²) in [6.07, 6.45) is -0.368. The number of halogens is 2. The molecule has 0 amide bonds. The number of hydrogen-bond acceptors (Lipinski definition) is 4. The van der Waals surface area contributed by atoms with Crippen LogP contribution < -0.4 is 16.6 Å². The third kappa shape index (κ3) is 3.73. The van der Waals surface area contributed by atoms with E-state index in [0.717, 1.165) is 5.56 Å². The van der Waals surface area contributed by atoms with Crippen LogP contribution in [0, 0.1) is 0 Å². The fourth-order valence-corrected chi connectivity index (χ4v) is 3.89. The Hall–Kier alpha value is -2.12. The third-order valence-electron chi connectivity index (χ3n) is 5.05. The lowest BCUT2D eigenvalue weighted by atomic mass is 9.93. The van der Waals surface area contributed by atoms with Gasteiger partial charge in [-0.15, -0.1) is 0 Å². The Morgan fingerprint density at radius 2 is 1.93 bits per heavy atom. The topological polar surface area (TPSA) is 76.1 Å². The molecule has 0 bridgehead atoms. The van der Waals surface area contributed by atoms with Gasteiger partial charge in [0.1, 0.15) is 0 Å². The molecule has 2 atom stereocenters. The smallest absolute Gasteiger partial charge is 0.328 e. The van der Waals surface area contributed by atoms with Crippen LogP contribution in [0.3, 0.4) is 0 Å². The standard InChI is InChI=1S/C20H19Cl2N3O3/c21-15-6-5-12(9-16(15)22)14-10-23-7-8-28-18(14)11-25-19(26)13-3-1-2-4-17(13)24-20(25)27/h1-6,9,14,18,23H,7-8,10-11H2,(H,24,27). The fourth-order valence-electron chi connectivity index (χ4n) is 3.59. The molecule has 1 saturated heterocycles. The van der Waals surface area contributed by atoms with Crippen LogP contribution in [0.25, 0.3) is 10.9 Å². The highest BCUT2D eigenvalue weighted by atomic mass is 35.5. The van der Waals surface area contributed by atoms with E-state index in [1.54, 1.807) is 30.3 Å². The van der Waals surface area contributed by atoms with E-state index in [9.17, 15) is 9.59 Å². The van der Waals surface area contributed by atoms with E-state index in [-0.39, 0.29) is 24.1 Å². The summed E-state index contributed by atoms with van der Waals surface area (Å²) in [6, 6.07) is 12.4. The maximum absolute atomic E-state index is 12.9. The summed E-state index contributed by atoms with van der Waals surface area (Å²) in [4.78, 5) is 28.2. The second-order valence-electron chi connectivity index (χ2n) is 6.78. The van der Waals surface area contributed by atoms with E-state index in [0.29, 0.717) is 40.6 Å². The minimum atomic E-state index is -0.447. The number of nitrogens with one attached hydrogen (secondary N) is 2. The molecule has 0 saturated carbocycles. The number of rotatable bonds is 3. The van der Waals surface area contributed by atoms with Crippen LogP contribution >= 0.6 is 23.2 Å². The van der Waals surface area contributed by atoms with Gasteiger partial charge in [-0.2, -0.15) is 0 Å². The Balaban J connectivity index is 1.74. The molecule has 3 aromatic rings. The summed E-state index contributed by atoms with van der Waals surface area (Å²) in [5, 5.41) is 4.74. The molecule has 2 aromatic carbocycles. The molecule has 1 aromatic heterocycles. The Morgan fingerprint density at radius 3 is 2.75 bits per heavy atom. The summed E-state index contributed by atoms with van der Waals surface area (Å²) in [7, 11) is 0. The van der Waals surface area contributed by atoms with E-state index in [4.69, 9.17) is 27.9 Å². The number of fused-ring (bicyclic) bond motifs is 1. The number of benzene rings is 2. The molecule has 0 spiro atoms. The van der Waals surface area contributed by atoms with E-state index in [1.165, 1.54) is 4.57 Å². The van der Waals surface area contributed by atoms with Crippen LogP contribution in [0.5, 0.6) is 0 Å². The number of ether oxygens (including phenoxy) is 1. The summed E-state index contributed by atoms with van der Waals surface area (Å²) >= 11 is 12.2. The summed E-state index contributed by atoms with van der Waals surface area (Å²) in [6.45, 7) is 1.97. The van der Waals surface area contributed by atoms with E-state index in [2.05, 4.69) is 10.3 Å². The molecule has 2 N–H and O–H groups in total. The molecular weight excluding hydrogens is 401 g/mol. The van der Waals surface area contributed by atoms with Crippen molar-refractivity contribution in [3.05, 3.63) is 78.9 Å². The molecule has 0 aliphatic carbocycles. The lowest BCUT2D eigenvalue weighted by Gasteiger charge is -2.26. The van der Waals surface area contributed by atoms with Gasteiger partial charge in [-0.1, -0.05) is 41.4 Å². The monoisotopic (exact) mass is 419 g/mol. The molecule has 28 heavy (non-hydrogen) atoms. The normalized spacial score (nSPS) is 20.2. The van der Waals surface area contributed by atoms with Gasteiger partial charge in [0.15, 0.2) is 0 Å². The molecule has 146 valence electrons. The van der Waals surface area contributed by atoms with Gasteiger partial charge in [0, 0.05) is 19.0 Å². The first-order chi connectivity index (χ1) is 13.5. The van der Waals surface area contributed by atoms with Crippen LogP contribution in [0.2, 0.25) is 10.0 Å². The van der Waals surface area contributed by atoms with Gasteiger partial charge < -0.3 is 15.0 Å². The van der Waals surface area contributed by atoms with Crippen LogP contribution in [-0.4, -0.2) is 35.4 Å². The predicted molar refractivity (Wildman–Crippen MR) is 111 cm³/mol. The lowest BCUT2D eigenvalue weighted by molar-refractivity contribution is 0.0384. The molecule has 1 aliphatic rings. The third-order valence-corrected chi connectivity index (χ3v) is 5.79. The fraction of sp³-hybridized carbons (Fsp3) is 0.300. The highest BCUT2D eigenvalue weighted by molar-refractivity contribution is 6.42. The molecule has 2 unspecified atom stereocenters. The van der Waals surface area contributed by atoms with Gasteiger partial charge in [0.05, 0.1) is 40.2 Å². The minimum absolute atomic E-state index is 0.0879. The number of H-pyrrole nitrogens is 1. The van der Waals surface area contributed by atoms with Crippen molar-refractivity contribution in [3.8, 4) is 0 Å². The van der Waals surface area contributed by atoms with E-state index >= 15 is 0 Å². The predicted octanol–water partition coefficient (Wildman–Crippen LogP) is 2.77. The molecular formula is C20H19Cl2N3O3. The molecule has 1 aliphatic heterocycles. The maximum Gasteiger partial charge on any atom is 0.328 e. The number of nitrogens with zero attached hydrogens (tertiary/aromatic N) is 1. The Bertz CT molecular complexity index is 1130. The summed E-state index contributed by atoms with van der Waals surface area (Å²) in [5.74, 6) is -0.0879. The van der Waals surface area contributed by atoms with Crippen molar-refractivity contribution >= 4 is 34.1 Å². The number of para-hydroxylation sites is 1. The minimum Gasteiger partial charge on any atom is -0.374 e. The lowest BCUT2D eigenvalue weighted by Crippen LogP contribution is -2.41. The van der Waals surface area contributed by atoms with Gasteiger partial charge in [0.2, 0.25) is 0 Å². The van der Waals surface area contributed by atoms with Crippen LogP contribution in [0.1, 0.15) is 11.5 Å². The molecule has 2 heterocycles. The van der Waals surface area contributed by atoms with Crippen molar-refractivity contribution in [3.63, 3.8) is 0 Å². The van der Waals surface area contributed by atoms with Gasteiger partial charge in [-0.05, 0) is 29.8 Å². The zero-order valence-electron chi connectivity index (χ0n) is 15.0. The number of aromatic nitrogens is 2. The molecule has 0 radical (unpaired) electrons. The first-order valence-electron chi connectivity index (χ1n) is 9.04. The highest BCUT2D eigenvalue weighted by Gasteiger charge is 2.28. The zero-order chi connectivity index (χ0) is 19.7. The average molecular weight is 420 g/mol. The first kappa shape index (κ1) is 19.2. The summed E-state index contributed by atoms with van der Waals surface area (Å²) < 4.78 is 7.23. The van der Waals surface area contributed by atoms with Crippen molar-refractivity contribution in [2.75, 3.05) is 19.7 Å². The maximum atomic E-state index is 12.9. The van der Waals surface area contributed by atoms with Crippen molar-refractivity contribution < 1.29 is 4.74 Å². The first-order valence-corrected chi connectivity index (χ1v) is 9.79. The number of hydrogen-bond donors (Lipinski definition) is 2. The second-order valence-corrected chi connectivity index (χ2v) is 7.60. The largest absolute Gasteiger partial charge is 0.374 e. The number of aromatic amines is 1. The SMILES string of the molecule is O=c1[nH]c2ccccc2c(=O)n1CC1OCCNCC1c1ccc(Cl)c(Cl)c1. The van der Waals surface area contributed by atoms with Crippen LogP contribution in [0.15, 0.2) is 52.1 Å². The van der Waals surface area contributed by atoms with Crippen molar-refractivity contribution in [1.82, 2.24) is 14.9 Å². The zero-order valence-corrected chi connectivity index (χ0v) is 16.5. The van der Waals surface area contributed by atoms with Crippen molar-refractivity contribution in [2.24, 2.45) is 0 Å². The van der Waals surface area contributed by atoms with Gasteiger partial charge in [0.25, 0.3) is 5.56 Å². The van der Waals surface area contributed by atoms with Crippen LogP contribution in [0.4, 0.5) is 0 Å². The second kappa shape index (κ2) is 8.09. The average Bonchev–Trinajstić information content (AvgIpc) is 2.93. The molecule has 1 fully saturated rings. The van der Waals surface area contributed by atoms with E-state index in [1.807, 2.05) is 12.1 Å². The van der Waals surface area contributed by atoms with Crippen LogP contribution in [-0.2, 0) is 11.3 Å². The van der Waals surface area contributed by atoms with Gasteiger partial charge in [-0.3, -0.25) is 9.36 Å². The molecule has 8 heteroatoms. The van der Waals surface area contributed by atoms with E-state index < -0.39 is 5.69 Å². The Morgan fingerprint density at radius 1 is 1.11 bits per heavy atom. The van der Waals surface area contributed by atoms with Gasteiger partial charge in [-0.25, -0.2) is 4.79 Å². The summed E-state index contributed by atoms with van der Waals surface area (Å²) in [5.41, 5.74) is 0.697. The quantitative estimate of drug-likeness (QED) is 0.684. The van der Waals surface area contributed by atoms with Gasteiger partial charge >= 0.3 is 5.69 Å². The molecule has 4 rings (SSSR count). The Kier molecular flexibility index (Phi) is 5.55. The molecule has 6 nitrogen and oxygen atoms in total. The van der Waals surface area contributed by atoms with Crippen molar-refractivity contribution in [2.45, 2.75) is 18.6 Å². The highest BCUT2D eigenvalue weighted by Crippen LogP contribution is 2.30. The Labute approximate surface area is 171 Å². The van der Waals surface area contributed by atoms with Crippen molar-refractivity contribution in [1.29, 1.82) is 0 Å².